The molecule has 1 amide bonds. The summed E-state index contributed by atoms with van der Waals surface area (Å²) in [5, 5.41) is 14.5. The van der Waals surface area contributed by atoms with Gasteiger partial charge in [-0.05, 0) is 32.9 Å². The zero-order valence-electron chi connectivity index (χ0n) is 12.4. The predicted molar refractivity (Wildman–Crippen MR) is 75.1 cm³/mol. The van der Waals surface area contributed by atoms with Gasteiger partial charge in [0.25, 0.3) is 5.85 Å². The van der Waals surface area contributed by atoms with E-state index in [-0.39, 0.29) is 23.4 Å². The zero-order valence-corrected chi connectivity index (χ0v) is 12.4. The Morgan fingerprint density at radius 3 is 2.48 bits per heavy atom. The summed E-state index contributed by atoms with van der Waals surface area (Å²) in [6, 6.07) is 3.54. The van der Waals surface area contributed by atoms with Crippen molar-refractivity contribution in [3.8, 4) is 5.75 Å². The monoisotopic (exact) mass is 302 g/mol. The lowest BCUT2D eigenvalue weighted by Crippen LogP contribution is -2.52. The van der Waals surface area contributed by atoms with Crippen molar-refractivity contribution in [3.63, 3.8) is 0 Å². The number of hydrogen-bond acceptors (Lipinski definition) is 4. The molecule has 3 N–H and O–H groups in total. The molecule has 0 aliphatic carbocycles. The zero-order chi connectivity index (χ0) is 16.2. The fourth-order valence-electron chi connectivity index (χ4n) is 1.60. The predicted octanol–water partition coefficient (Wildman–Crippen LogP) is 2.17. The molecule has 0 fully saturated rings. The molecule has 2 atom stereocenters. The van der Waals surface area contributed by atoms with Crippen molar-refractivity contribution in [3.05, 3.63) is 24.0 Å². The highest BCUT2D eigenvalue weighted by Gasteiger charge is 2.34. The Balaban J connectivity index is 2.91. The molecule has 0 saturated carbocycles. The number of benzene rings is 1. The van der Waals surface area contributed by atoms with E-state index in [1.54, 1.807) is 13.8 Å². The lowest BCUT2D eigenvalue weighted by Gasteiger charge is -2.29. The topological polar surface area (TPSA) is 70.6 Å². The molecule has 0 heterocycles. The number of carbonyl (C=O) groups excluding carboxylic acids is 1. The van der Waals surface area contributed by atoms with Crippen molar-refractivity contribution in [1.29, 1.82) is 0 Å². The summed E-state index contributed by atoms with van der Waals surface area (Å²) in [5.41, 5.74) is 0.257. The van der Waals surface area contributed by atoms with E-state index in [0.717, 1.165) is 13.0 Å². The highest BCUT2D eigenvalue weighted by atomic mass is 19.2. The van der Waals surface area contributed by atoms with Gasteiger partial charge in [-0.15, -0.1) is 0 Å². The number of anilines is 1. The first-order valence-electron chi connectivity index (χ1n) is 6.50. The van der Waals surface area contributed by atoms with Crippen LogP contribution in [0.25, 0.3) is 0 Å². The lowest BCUT2D eigenvalue weighted by molar-refractivity contribution is -0.158. The molecule has 118 valence electrons. The van der Waals surface area contributed by atoms with Crippen LogP contribution in [0.1, 0.15) is 27.7 Å². The smallest absolute Gasteiger partial charge is 0.255 e. The van der Waals surface area contributed by atoms with Crippen LogP contribution in [0, 0.1) is 5.82 Å². The molecule has 2 unspecified atom stereocenters. The quantitative estimate of drug-likeness (QED) is 0.704. The molecule has 0 aromatic heterocycles. The van der Waals surface area contributed by atoms with Gasteiger partial charge in [-0.25, -0.2) is 8.78 Å². The van der Waals surface area contributed by atoms with Gasteiger partial charge in [0.1, 0.15) is 0 Å². The first-order valence-corrected chi connectivity index (χ1v) is 6.50. The second kappa shape index (κ2) is 6.82. The molecule has 1 rings (SSSR count). The highest BCUT2D eigenvalue weighted by molar-refractivity contribution is 5.88. The van der Waals surface area contributed by atoms with Crippen molar-refractivity contribution >= 4 is 11.6 Å². The van der Waals surface area contributed by atoms with Crippen LogP contribution in [-0.2, 0) is 4.79 Å². The number of ether oxygens (including phenoxy) is 1. The van der Waals surface area contributed by atoms with Gasteiger partial charge in [-0.3, -0.25) is 10.1 Å². The Morgan fingerprint density at radius 2 is 2.05 bits per heavy atom. The maximum absolute atomic E-state index is 13.9. The summed E-state index contributed by atoms with van der Waals surface area (Å²) in [4.78, 5) is 10.9. The average molecular weight is 302 g/mol. The molecule has 1 aromatic rings. The van der Waals surface area contributed by atoms with Gasteiger partial charge in [-0.2, -0.15) is 0 Å². The Kier molecular flexibility index (Phi) is 5.62. The summed E-state index contributed by atoms with van der Waals surface area (Å²) in [6.07, 6.45) is -1.43. The Labute approximate surface area is 122 Å². The van der Waals surface area contributed by atoms with Crippen LogP contribution in [0.15, 0.2) is 18.2 Å². The largest absolute Gasteiger partial charge is 0.466 e. The van der Waals surface area contributed by atoms with Crippen LogP contribution in [-0.4, -0.2) is 29.1 Å². The van der Waals surface area contributed by atoms with Crippen LogP contribution in [0.3, 0.4) is 0 Å². The van der Waals surface area contributed by atoms with Crippen molar-refractivity contribution in [2.75, 3.05) is 5.32 Å². The molecule has 5 nitrogen and oxygen atoms in total. The van der Waals surface area contributed by atoms with E-state index in [2.05, 4.69) is 10.6 Å². The lowest BCUT2D eigenvalue weighted by atomic mass is 10.2. The van der Waals surface area contributed by atoms with Crippen molar-refractivity contribution < 1.29 is 23.4 Å². The first kappa shape index (κ1) is 17.3. The minimum Gasteiger partial charge on any atom is -0.466 e. The van der Waals surface area contributed by atoms with E-state index < -0.39 is 17.9 Å². The van der Waals surface area contributed by atoms with Gasteiger partial charge in [-0.1, -0.05) is 0 Å². The van der Waals surface area contributed by atoms with E-state index in [0.29, 0.717) is 0 Å². The van der Waals surface area contributed by atoms with Crippen LogP contribution >= 0.6 is 0 Å². The highest BCUT2D eigenvalue weighted by Crippen LogP contribution is 2.24. The summed E-state index contributed by atoms with van der Waals surface area (Å²) in [7, 11) is 0. The molecular formula is C14H20F2N2O3. The number of carbonyl (C=O) groups is 1. The molecule has 1 aromatic carbocycles. The average Bonchev–Trinajstić information content (AvgIpc) is 2.28. The van der Waals surface area contributed by atoms with Crippen molar-refractivity contribution in [2.24, 2.45) is 0 Å². The van der Waals surface area contributed by atoms with E-state index in [1.165, 1.54) is 19.1 Å². The molecule has 0 saturated heterocycles. The number of rotatable bonds is 6. The number of nitrogens with one attached hydrogen (secondary N) is 2. The van der Waals surface area contributed by atoms with Crippen LogP contribution < -0.4 is 15.4 Å². The number of aliphatic hydroxyl groups is 1. The minimum atomic E-state index is -2.69. The van der Waals surface area contributed by atoms with Crippen molar-refractivity contribution in [2.45, 2.75) is 45.8 Å². The maximum Gasteiger partial charge on any atom is 0.255 e. The van der Waals surface area contributed by atoms with Gasteiger partial charge >= 0.3 is 0 Å². The normalized spacial score (nSPS) is 15.4. The summed E-state index contributed by atoms with van der Waals surface area (Å²) < 4.78 is 32.7. The summed E-state index contributed by atoms with van der Waals surface area (Å²) >= 11 is 0. The second-order valence-corrected chi connectivity index (χ2v) is 5.17. The van der Waals surface area contributed by atoms with E-state index >= 15 is 0 Å². The third kappa shape index (κ3) is 5.65. The molecule has 0 spiro atoms. The number of alkyl halides is 1. The minimum absolute atomic E-state index is 0.182. The number of amides is 1. The van der Waals surface area contributed by atoms with Crippen LogP contribution in [0.2, 0.25) is 0 Å². The Bertz CT molecular complexity index is 501. The van der Waals surface area contributed by atoms with Crippen molar-refractivity contribution in [1.82, 2.24) is 5.32 Å². The fraction of sp³-hybridized carbons (Fsp3) is 0.500. The maximum atomic E-state index is 13.9. The third-order valence-corrected chi connectivity index (χ3v) is 2.46. The van der Waals surface area contributed by atoms with Crippen LogP contribution in [0.4, 0.5) is 14.5 Å². The van der Waals surface area contributed by atoms with Crippen LogP contribution in [0.5, 0.6) is 5.75 Å². The summed E-state index contributed by atoms with van der Waals surface area (Å²) in [5.74, 6) is -4.04. The SMILES string of the molecule is CC(=O)Nc1ccc(OC(NC(C)C)C(C)(O)F)c(F)c1. The number of hydrogen-bond donors (Lipinski definition) is 3. The third-order valence-electron chi connectivity index (χ3n) is 2.46. The molecule has 7 heteroatoms. The molecule has 0 bridgehead atoms. The molecule has 0 radical (unpaired) electrons. The van der Waals surface area contributed by atoms with Gasteiger partial charge < -0.3 is 15.2 Å². The van der Waals surface area contributed by atoms with E-state index in [1.807, 2.05) is 0 Å². The Hall–Kier alpha value is -1.73. The van der Waals surface area contributed by atoms with E-state index in [9.17, 15) is 18.7 Å². The molecule has 21 heavy (non-hydrogen) atoms. The standard InChI is InChI=1S/C14H20F2N2O3/c1-8(2)17-13(14(4,16)20)21-12-6-5-10(7-11(12)15)18-9(3)19/h5-8,13,17,20H,1-4H3,(H,18,19). The first-order chi connectivity index (χ1) is 9.59. The summed E-state index contributed by atoms with van der Waals surface area (Å²) in [6.45, 7) is 5.68. The van der Waals surface area contributed by atoms with Gasteiger partial charge in [0.05, 0.1) is 0 Å². The molecule has 0 aliphatic rings. The van der Waals surface area contributed by atoms with Gasteiger partial charge in [0, 0.05) is 24.7 Å². The van der Waals surface area contributed by atoms with Gasteiger partial charge in [0.2, 0.25) is 12.1 Å². The number of halogens is 2. The Morgan fingerprint density at radius 1 is 1.43 bits per heavy atom. The molecular weight excluding hydrogens is 282 g/mol. The second-order valence-electron chi connectivity index (χ2n) is 5.17. The fourth-order valence-corrected chi connectivity index (χ4v) is 1.60. The van der Waals surface area contributed by atoms with Gasteiger partial charge in [0.15, 0.2) is 11.6 Å². The molecule has 0 aliphatic heterocycles. The van der Waals surface area contributed by atoms with E-state index in [4.69, 9.17) is 4.74 Å².